The second-order valence-corrected chi connectivity index (χ2v) is 7.79. The Balaban J connectivity index is 1.49. The van der Waals surface area contributed by atoms with Crippen molar-refractivity contribution in [1.82, 2.24) is 0 Å². The average molecular weight is 381 g/mol. The smallest absolute Gasteiger partial charge is 0.127 e. The lowest BCUT2D eigenvalue weighted by Crippen LogP contribution is -1.87. The largest absolute Gasteiger partial charge is 0.207 e. The Labute approximate surface area is 173 Å². The third-order valence-electron chi connectivity index (χ3n) is 5.51. The lowest BCUT2D eigenvalue weighted by molar-refractivity contribution is 0.618. The van der Waals surface area contributed by atoms with Crippen LogP contribution in [0, 0.1) is 24.6 Å². The Bertz CT molecular complexity index is 1120. The first-order chi connectivity index (χ1) is 14.1. The van der Waals surface area contributed by atoms with Crippen LogP contribution >= 0.6 is 0 Å². The zero-order valence-electron chi connectivity index (χ0n) is 17.1. The molecule has 1 aliphatic carbocycles. The summed E-state index contributed by atoms with van der Waals surface area (Å²) >= 11 is 0. The Hall–Kier alpha value is -3.11. The third kappa shape index (κ3) is 4.49. The third-order valence-corrected chi connectivity index (χ3v) is 5.51. The summed E-state index contributed by atoms with van der Waals surface area (Å²) in [4.78, 5) is 0. The number of fused-ring (bicyclic) bond motifs is 1. The van der Waals surface area contributed by atoms with Crippen LogP contribution in [0.3, 0.4) is 0 Å². The molecule has 0 N–H and O–H groups in total. The van der Waals surface area contributed by atoms with Crippen LogP contribution in [0.1, 0.15) is 54.0 Å². The number of hydrogen-bond acceptors (Lipinski definition) is 0. The van der Waals surface area contributed by atoms with Gasteiger partial charge in [-0.2, -0.15) is 0 Å². The van der Waals surface area contributed by atoms with Crippen LogP contribution in [-0.2, 0) is 6.42 Å². The van der Waals surface area contributed by atoms with Crippen molar-refractivity contribution in [2.45, 2.75) is 39.5 Å². The van der Waals surface area contributed by atoms with Crippen LogP contribution in [-0.4, -0.2) is 0 Å². The molecular weight excluding hydrogens is 355 g/mol. The topological polar surface area (TPSA) is 0 Å². The molecule has 3 aromatic rings. The van der Waals surface area contributed by atoms with Gasteiger partial charge in [-0.3, -0.25) is 0 Å². The minimum Gasteiger partial charge on any atom is -0.207 e. The summed E-state index contributed by atoms with van der Waals surface area (Å²) in [5.74, 6) is 5.96. The number of hydrogen-bond donors (Lipinski definition) is 0. The van der Waals surface area contributed by atoms with Crippen molar-refractivity contribution >= 4 is 6.08 Å². The molecule has 1 heteroatoms. The molecule has 0 spiro atoms. The van der Waals surface area contributed by atoms with Crippen molar-refractivity contribution in [3.8, 4) is 23.0 Å². The predicted octanol–water partition coefficient (Wildman–Crippen LogP) is 7.33. The van der Waals surface area contributed by atoms with Gasteiger partial charge in [0.2, 0.25) is 0 Å². The van der Waals surface area contributed by atoms with Crippen LogP contribution < -0.4 is 0 Å². The molecule has 0 nitrogen and oxygen atoms in total. The van der Waals surface area contributed by atoms with E-state index in [2.05, 4.69) is 55.2 Å². The molecule has 0 fully saturated rings. The van der Waals surface area contributed by atoms with Gasteiger partial charge in [0.25, 0.3) is 0 Å². The molecule has 0 saturated carbocycles. The standard InChI is InChI=1S/C28H25F/c1-3-4-5-23-16-25-14-15-26(19-27(25)17-23)24-12-10-21(11-13-24)8-9-22-7-6-20(2)28(29)18-22/h6-7,10-16,18-19H,3-5,17H2,1-2H3. The van der Waals surface area contributed by atoms with Gasteiger partial charge in [0.1, 0.15) is 5.82 Å². The van der Waals surface area contributed by atoms with Crippen molar-refractivity contribution in [3.05, 3.63) is 99.9 Å². The maximum atomic E-state index is 13.7. The molecule has 1 aliphatic rings. The Kier molecular flexibility index (Phi) is 5.63. The highest BCUT2D eigenvalue weighted by atomic mass is 19.1. The fourth-order valence-electron chi connectivity index (χ4n) is 3.72. The van der Waals surface area contributed by atoms with Gasteiger partial charge in [-0.1, -0.05) is 73.2 Å². The Morgan fingerprint density at radius 1 is 0.862 bits per heavy atom. The van der Waals surface area contributed by atoms with E-state index in [1.54, 1.807) is 18.6 Å². The minimum absolute atomic E-state index is 0.212. The average Bonchev–Trinajstić information content (AvgIpc) is 3.15. The summed E-state index contributed by atoms with van der Waals surface area (Å²) in [5, 5.41) is 0. The molecule has 0 unspecified atom stereocenters. The zero-order valence-corrected chi connectivity index (χ0v) is 17.1. The Morgan fingerprint density at radius 2 is 1.59 bits per heavy atom. The maximum Gasteiger partial charge on any atom is 0.127 e. The number of benzene rings is 3. The van der Waals surface area contributed by atoms with E-state index < -0.39 is 0 Å². The number of allylic oxidation sites excluding steroid dienone is 1. The molecule has 0 heterocycles. The molecule has 0 atom stereocenters. The minimum atomic E-state index is -0.212. The van der Waals surface area contributed by atoms with Crippen LogP contribution in [0.25, 0.3) is 17.2 Å². The van der Waals surface area contributed by atoms with E-state index in [4.69, 9.17) is 0 Å². The molecule has 0 saturated heterocycles. The quantitative estimate of drug-likeness (QED) is 0.416. The van der Waals surface area contributed by atoms with Gasteiger partial charge >= 0.3 is 0 Å². The van der Waals surface area contributed by atoms with E-state index in [0.29, 0.717) is 11.1 Å². The molecule has 29 heavy (non-hydrogen) atoms. The van der Waals surface area contributed by atoms with Gasteiger partial charge in [-0.15, -0.1) is 0 Å². The lowest BCUT2D eigenvalue weighted by Gasteiger charge is -2.06. The van der Waals surface area contributed by atoms with Crippen LogP contribution in [0.2, 0.25) is 0 Å². The fraction of sp³-hybridized carbons (Fsp3) is 0.214. The molecule has 0 radical (unpaired) electrons. The number of rotatable bonds is 4. The van der Waals surface area contributed by atoms with E-state index in [1.807, 2.05) is 18.2 Å². The van der Waals surface area contributed by atoms with Crippen LogP contribution in [0.5, 0.6) is 0 Å². The highest BCUT2D eigenvalue weighted by Crippen LogP contribution is 2.31. The number of unbranched alkanes of at least 4 members (excludes halogenated alkanes) is 1. The van der Waals surface area contributed by atoms with Gasteiger partial charge in [0, 0.05) is 11.1 Å². The van der Waals surface area contributed by atoms with Crippen LogP contribution in [0.15, 0.2) is 66.2 Å². The SMILES string of the molecule is CCCCC1=Cc2ccc(-c3ccc(C#Cc4ccc(C)c(F)c4)cc3)cc2C1. The summed E-state index contributed by atoms with van der Waals surface area (Å²) in [6.07, 6.45) is 7.16. The first-order valence-corrected chi connectivity index (χ1v) is 10.3. The number of aryl methyl sites for hydroxylation is 1. The van der Waals surface area contributed by atoms with Gasteiger partial charge in [0.15, 0.2) is 0 Å². The lowest BCUT2D eigenvalue weighted by atomic mass is 9.99. The summed E-state index contributed by atoms with van der Waals surface area (Å²) in [5.41, 5.74) is 9.06. The first kappa shape index (κ1) is 19.2. The van der Waals surface area contributed by atoms with Crippen molar-refractivity contribution in [3.63, 3.8) is 0 Å². The second kappa shape index (κ2) is 8.50. The summed E-state index contributed by atoms with van der Waals surface area (Å²) in [6, 6.07) is 20.2. The molecule has 144 valence electrons. The molecule has 0 bridgehead atoms. The predicted molar refractivity (Wildman–Crippen MR) is 120 cm³/mol. The highest BCUT2D eigenvalue weighted by Gasteiger charge is 2.13. The van der Waals surface area contributed by atoms with E-state index in [1.165, 1.54) is 47.6 Å². The van der Waals surface area contributed by atoms with Gasteiger partial charge in [-0.25, -0.2) is 4.39 Å². The van der Waals surface area contributed by atoms with Crippen molar-refractivity contribution in [2.75, 3.05) is 0 Å². The van der Waals surface area contributed by atoms with E-state index in [9.17, 15) is 4.39 Å². The van der Waals surface area contributed by atoms with Gasteiger partial charge in [0.05, 0.1) is 0 Å². The van der Waals surface area contributed by atoms with E-state index >= 15 is 0 Å². The summed E-state index contributed by atoms with van der Waals surface area (Å²) < 4.78 is 13.7. The van der Waals surface area contributed by atoms with Gasteiger partial charge < -0.3 is 0 Å². The Morgan fingerprint density at radius 3 is 2.34 bits per heavy atom. The molecule has 3 aromatic carbocycles. The second-order valence-electron chi connectivity index (χ2n) is 7.79. The maximum absolute atomic E-state index is 13.7. The van der Waals surface area contributed by atoms with Crippen molar-refractivity contribution < 1.29 is 4.39 Å². The molecule has 4 rings (SSSR count). The molecule has 0 aromatic heterocycles. The van der Waals surface area contributed by atoms with Gasteiger partial charge in [-0.05, 0) is 78.3 Å². The molecule has 0 amide bonds. The molecule has 0 aliphatic heterocycles. The number of halogens is 1. The normalized spacial score (nSPS) is 12.2. The first-order valence-electron chi connectivity index (χ1n) is 10.3. The monoisotopic (exact) mass is 380 g/mol. The van der Waals surface area contributed by atoms with E-state index in [-0.39, 0.29) is 5.82 Å². The van der Waals surface area contributed by atoms with Crippen molar-refractivity contribution in [1.29, 1.82) is 0 Å². The fourth-order valence-corrected chi connectivity index (χ4v) is 3.72. The summed E-state index contributed by atoms with van der Waals surface area (Å²) in [7, 11) is 0. The van der Waals surface area contributed by atoms with Crippen molar-refractivity contribution in [2.24, 2.45) is 0 Å². The highest BCUT2D eigenvalue weighted by molar-refractivity contribution is 5.72. The van der Waals surface area contributed by atoms with Crippen LogP contribution in [0.4, 0.5) is 4.39 Å². The summed E-state index contributed by atoms with van der Waals surface area (Å²) in [6.45, 7) is 4.00. The zero-order chi connectivity index (χ0) is 20.2. The van der Waals surface area contributed by atoms with E-state index in [0.717, 1.165) is 12.0 Å². The molecular formula is C28H25F.